The van der Waals surface area contributed by atoms with Gasteiger partial charge in [-0.3, -0.25) is 0 Å². The maximum Gasteiger partial charge on any atom is 0.338 e. The van der Waals surface area contributed by atoms with Gasteiger partial charge in [0, 0.05) is 5.70 Å². The number of amides is 2. The molecule has 1 aromatic rings. The average Bonchev–Trinajstić information content (AvgIpc) is 2.57. The zero-order valence-corrected chi connectivity index (χ0v) is 16.0. The van der Waals surface area contributed by atoms with E-state index in [0.29, 0.717) is 46.6 Å². The summed E-state index contributed by atoms with van der Waals surface area (Å²) in [6.07, 6.45) is 0. The van der Waals surface area contributed by atoms with Crippen molar-refractivity contribution in [2.45, 2.75) is 33.7 Å². The molecule has 26 heavy (non-hydrogen) atoms. The Kier molecular flexibility index (Phi) is 6.74. The SMILES string of the molecule is CCOC(=O)C1=C(C)NC(=O)NC1c1cc(Cl)c(OCC)c(OCC)c1. The number of esters is 1. The van der Waals surface area contributed by atoms with Crippen LogP contribution in [0.4, 0.5) is 4.79 Å². The molecule has 7 nitrogen and oxygen atoms in total. The van der Waals surface area contributed by atoms with Crippen molar-refractivity contribution >= 4 is 23.6 Å². The first-order chi connectivity index (χ1) is 12.4. The summed E-state index contributed by atoms with van der Waals surface area (Å²) in [6.45, 7) is 8.13. The number of hydrogen-bond acceptors (Lipinski definition) is 5. The second-order valence-corrected chi connectivity index (χ2v) is 5.89. The number of carbonyl (C=O) groups excluding carboxylic acids is 2. The molecule has 0 radical (unpaired) electrons. The Labute approximate surface area is 157 Å². The molecule has 1 heterocycles. The number of carbonyl (C=O) groups is 2. The molecule has 2 rings (SSSR count). The van der Waals surface area contributed by atoms with Crippen LogP contribution in [0.25, 0.3) is 0 Å². The van der Waals surface area contributed by atoms with Crippen molar-refractivity contribution in [3.05, 3.63) is 34.0 Å². The highest BCUT2D eigenvalue weighted by atomic mass is 35.5. The fourth-order valence-electron chi connectivity index (χ4n) is 2.73. The van der Waals surface area contributed by atoms with Gasteiger partial charge in [0.25, 0.3) is 0 Å². The monoisotopic (exact) mass is 382 g/mol. The van der Waals surface area contributed by atoms with Gasteiger partial charge in [0.15, 0.2) is 11.5 Å². The van der Waals surface area contributed by atoms with Crippen LogP contribution in [-0.4, -0.2) is 31.8 Å². The fourth-order valence-corrected chi connectivity index (χ4v) is 3.00. The Bertz CT molecular complexity index is 733. The summed E-state index contributed by atoms with van der Waals surface area (Å²) >= 11 is 6.36. The normalized spacial score (nSPS) is 16.7. The maximum atomic E-state index is 12.4. The zero-order valence-electron chi connectivity index (χ0n) is 15.3. The van der Waals surface area contributed by atoms with Gasteiger partial charge in [0.1, 0.15) is 0 Å². The number of benzene rings is 1. The van der Waals surface area contributed by atoms with E-state index in [0.717, 1.165) is 0 Å². The number of ether oxygens (including phenoxy) is 3. The van der Waals surface area contributed by atoms with Crippen LogP contribution in [-0.2, 0) is 9.53 Å². The molecule has 0 bridgehead atoms. The average molecular weight is 383 g/mol. The van der Waals surface area contributed by atoms with Crippen LogP contribution >= 0.6 is 11.6 Å². The summed E-state index contributed by atoms with van der Waals surface area (Å²) in [7, 11) is 0. The van der Waals surface area contributed by atoms with E-state index in [9.17, 15) is 9.59 Å². The second-order valence-electron chi connectivity index (χ2n) is 5.49. The summed E-state index contributed by atoms with van der Waals surface area (Å²) in [5.41, 5.74) is 1.34. The molecule has 142 valence electrons. The van der Waals surface area contributed by atoms with Crippen LogP contribution in [0.2, 0.25) is 5.02 Å². The number of halogens is 1. The number of rotatable bonds is 7. The maximum absolute atomic E-state index is 12.4. The van der Waals surface area contributed by atoms with Crippen molar-refractivity contribution in [2.75, 3.05) is 19.8 Å². The van der Waals surface area contributed by atoms with Gasteiger partial charge in [-0.1, -0.05) is 11.6 Å². The minimum absolute atomic E-state index is 0.227. The van der Waals surface area contributed by atoms with Crippen LogP contribution in [0.15, 0.2) is 23.4 Å². The van der Waals surface area contributed by atoms with E-state index in [-0.39, 0.29) is 6.61 Å². The molecule has 0 saturated carbocycles. The zero-order chi connectivity index (χ0) is 19.3. The number of hydrogen-bond donors (Lipinski definition) is 2. The molecular formula is C18H23ClN2O5. The molecule has 1 atom stereocenters. The molecule has 2 N–H and O–H groups in total. The highest BCUT2D eigenvalue weighted by Gasteiger charge is 2.33. The molecule has 2 amide bonds. The molecule has 0 spiro atoms. The molecule has 8 heteroatoms. The van der Waals surface area contributed by atoms with Crippen molar-refractivity contribution in [1.29, 1.82) is 0 Å². The summed E-state index contributed by atoms with van der Waals surface area (Å²) < 4.78 is 16.3. The molecule has 0 saturated heterocycles. The van der Waals surface area contributed by atoms with E-state index in [1.54, 1.807) is 26.0 Å². The molecule has 1 aliphatic heterocycles. The number of urea groups is 1. The van der Waals surface area contributed by atoms with Crippen molar-refractivity contribution < 1.29 is 23.8 Å². The van der Waals surface area contributed by atoms with Gasteiger partial charge in [-0.2, -0.15) is 0 Å². The highest BCUT2D eigenvalue weighted by Crippen LogP contribution is 2.40. The third kappa shape index (κ3) is 4.22. The predicted molar refractivity (Wildman–Crippen MR) is 97.5 cm³/mol. The second kappa shape index (κ2) is 8.80. The van der Waals surface area contributed by atoms with Gasteiger partial charge < -0.3 is 24.8 Å². The third-order valence-corrected chi connectivity index (χ3v) is 4.00. The summed E-state index contributed by atoms with van der Waals surface area (Å²) in [5.74, 6) is 0.370. The smallest absolute Gasteiger partial charge is 0.338 e. The van der Waals surface area contributed by atoms with Gasteiger partial charge in [-0.15, -0.1) is 0 Å². The van der Waals surface area contributed by atoms with Crippen LogP contribution in [0, 0.1) is 0 Å². The Balaban J connectivity index is 2.54. The molecule has 1 unspecified atom stereocenters. The first kappa shape index (κ1) is 19.9. The largest absolute Gasteiger partial charge is 0.490 e. The van der Waals surface area contributed by atoms with E-state index >= 15 is 0 Å². The van der Waals surface area contributed by atoms with Crippen molar-refractivity contribution in [2.24, 2.45) is 0 Å². The standard InChI is InChI=1S/C18H23ClN2O5/c1-5-24-13-9-11(8-12(19)16(13)25-6-2)15-14(17(22)26-7-3)10(4)20-18(23)21-15/h8-9,15H,5-7H2,1-4H3,(H2,20,21,23). The molecule has 0 aromatic heterocycles. The minimum Gasteiger partial charge on any atom is -0.490 e. The molecule has 1 aromatic carbocycles. The summed E-state index contributed by atoms with van der Waals surface area (Å²) in [4.78, 5) is 24.4. The predicted octanol–water partition coefficient (Wildman–Crippen LogP) is 3.33. The van der Waals surface area contributed by atoms with Crippen LogP contribution in [0.3, 0.4) is 0 Å². The first-order valence-electron chi connectivity index (χ1n) is 8.47. The van der Waals surface area contributed by atoms with E-state index in [2.05, 4.69) is 10.6 Å². The van der Waals surface area contributed by atoms with Crippen molar-refractivity contribution in [3.63, 3.8) is 0 Å². The van der Waals surface area contributed by atoms with E-state index in [1.165, 1.54) is 0 Å². The Morgan fingerprint density at radius 3 is 2.46 bits per heavy atom. The molecular weight excluding hydrogens is 360 g/mol. The van der Waals surface area contributed by atoms with Crippen LogP contribution in [0.5, 0.6) is 11.5 Å². The van der Waals surface area contributed by atoms with Gasteiger partial charge in [-0.25, -0.2) is 9.59 Å². The number of allylic oxidation sites excluding steroid dienone is 1. The van der Waals surface area contributed by atoms with Gasteiger partial charge in [-0.05, 0) is 45.4 Å². The lowest BCUT2D eigenvalue weighted by molar-refractivity contribution is -0.139. The molecule has 0 aliphatic carbocycles. The van der Waals surface area contributed by atoms with Crippen LogP contribution < -0.4 is 20.1 Å². The van der Waals surface area contributed by atoms with E-state index in [1.807, 2.05) is 13.8 Å². The summed E-state index contributed by atoms with van der Waals surface area (Å²) in [5, 5.41) is 5.67. The van der Waals surface area contributed by atoms with Gasteiger partial charge >= 0.3 is 12.0 Å². The van der Waals surface area contributed by atoms with Gasteiger partial charge in [0.05, 0.1) is 36.5 Å². The van der Waals surface area contributed by atoms with Gasteiger partial charge in [0.2, 0.25) is 0 Å². The van der Waals surface area contributed by atoms with E-state index in [4.69, 9.17) is 25.8 Å². The Morgan fingerprint density at radius 1 is 1.15 bits per heavy atom. The number of nitrogens with one attached hydrogen (secondary N) is 2. The lowest BCUT2D eigenvalue weighted by atomic mass is 9.95. The summed E-state index contributed by atoms with van der Waals surface area (Å²) in [6, 6.07) is 2.24. The molecule has 1 aliphatic rings. The lowest BCUT2D eigenvalue weighted by Gasteiger charge is -2.28. The quantitative estimate of drug-likeness (QED) is 0.706. The third-order valence-electron chi connectivity index (χ3n) is 3.72. The topological polar surface area (TPSA) is 85.9 Å². The highest BCUT2D eigenvalue weighted by molar-refractivity contribution is 6.32. The van der Waals surface area contributed by atoms with Crippen LogP contribution in [0.1, 0.15) is 39.3 Å². The Morgan fingerprint density at radius 2 is 1.85 bits per heavy atom. The Hall–Kier alpha value is -2.41. The lowest BCUT2D eigenvalue weighted by Crippen LogP contribution is -2.45. The molecule has 0 fully saturated rings. The first-order valence-corrected chi connectivity index (χ1v) is 8.85. The van der Waals surface area contributed by atoms with E-state index < -0.39 is 18.0 Å². The van der Waals surface area contributed by atoms with Crippen molar-refractivity contribution in [1.82, 2.24) is 10.6 Å². The fraction of sp³-hybridized carbons (Fsp3) is 0.444. The van der Waals surface area contributed by atoms with Crippen molar-refractivity contribution in [3.8, 4) is 11.5 Å². The minimum atomic E-state index is -0.713.